The Hall–Kier alpha value is -3.98. The monoisotopic (exact) mass is 499 g/mol. The molecular weight excluding hydrogens is 466 g/mol. The van der Waals surface area contributed by atoms with Gasteiger partial charge in [-0.3, -0.25) is 4.79 Å². The first kappa shape index (κ1) is 24.7. The number of hydrogen-bond donors (Lipinski definition) is 4. The van der Waals surface area contributed by atoms with Crippen molar-refractivity contribution < 1.29 is 9.90 Å². The van der Waals surface area contributed by atoms with Crippen LogP contribution in [-0.4, -0.2) is 42.7 Å². The third kappa shape index (κ3) is 5.89. The molecule has 1 aliphatic carbocycles. The molecule has 2 aromatic carbocycles. The van der Waals surface area contributed by atoms with Crippen molar-refractivity contribution in [3.63, 3.8) is 0 Å². The molecule has 0 spiro atoms. The van der Waals surface area contributed by atoms with Crippen LogP contribution < -0.4 is 16.0 Å². The molecule has 2 heterocycles. The zero-order valence-corrected chi connectivity index (χ0v) is 21.2. The van der Waals surface area contributed by atoms with Crippen molar-refractivity contribution in [1.29, 1.82) is 0 Å². The lowest BCUT2D eigenvalue weighted by Crippen LogP contribution is -2.29. The van der Waals surface area contributed by atoms with Crippen LogP contribution in [0.15, 0.2) is 54.9 Å². The van der Waals surface area contributed by atoms with Crippen molar-refractivity contribution in [2.75, 3.05) is 10.6 Å². The van der Waals surface area contributed by atoms with Crippen molar-refractivity contribution in [3.8, 4) is 0 Å². The maximum Gasteiger partial charge on any atom is 0.251 e. The Balaban J connectivity index is 1.35. The predicted molar refractivity (Wildman–Crippen MR) is 145 cm³/mol. The number of benzene rings is 2. The summed E-state index contributed by atoms with van der Waals surface area (Å²) in [5.74, 6) is 0.959. The second-order valence-corrected chi connectivity index (χ2v) is 9.62. The first-order valence-electron chi connectivity index (χ1n) is 12.9. The molecule has 1 aliphatic rings. The Kier molecular flexibility index (Phi) is 7.32. The van der Waals surface area contributed by atoms with E-state index in [1.54, 1.807) is 12.4 Å². The average Bonchev–Trinajstić information content (AvgIpc) is 3.33. The zero-order chi connectivity index (χ0) is 25.8. The minimum absolute atomic E-state index is 0.144. The standard InChI is InChI=1S/C28H33N7O2/c1-3-35-17-30-24-25(33-28(34-26(24)35)32-21-11-13-23(36)14-12-21)31-22-6-4-5-20(15-22)27(37)29-16-19-9-7-18(2)8-10-19/h4-10,15,17,21,23,36H,3,11-14,16H2,1-2H3,(H,29,37)(H2,31,32,33,34). The van der Waals surface area contributed by atoms with Crippen molar-refractivity contribution in [3.05, 3.63) is 71.5 Å². The first-order valence-corrected chi connectivity index (χ1v) is 12.9. The van der Waals surface area contributed by atoms with Gasteiger partial charge in [-0.25, -0.2) is 4.98 Å². The number of rotatable bonds is 8. The van der Waals surface area contributed by atoms with E-state index in [-0.39, 0.29) is 18.1 Å². The number of nitrogens with one attached hydrogen (secondary N) is 3. The predicted octanol–water partition coefficient (Wildman–Crippen LogP) is 4.54. The highest BCUT2D eigenvalue weighted by Gasteiger charge is 2.21. The lowest BCUT2D eigenvalue weighted by atomic mass is 9.93. The summed E-state index contributed by atoms with van der Waals surface area (Å²) in [5.41, 5.74) is 4.94. The van der Waals surface area contributed by atoms with Gasteiger partial charge >= 0.3 is 0 Å². The number of aliphatic hydroxyl groups excluding tert-OH is 1. The second-order valence-electron chi connectivity index (χ2n) is 9.62. The minimum Gasteiger partial charge on any atom is -0.393 e. The summed E-state index contributed by atoms with van der Waals surface area (Å²) in [6, 6.07) is 15.7. The Morgan fingerprint density at radius 2 is 1.86 bits per heavy atom. The van der Waals surface area contributed by atoms with E-state index >= 15 is 0 Å². The number of nitrogens with zero attached hydrogens (tertiary/aromatic N) is 4. The topological polar surface area (TPSA) is 117 Å². The fourth-order valence-electron chi connectivity index (χ4n) is 4.60. The number of aliphatic hydroxyl groups is 1. The van der Waals surface area contributed by atoms with Gasteiger partial charge in [0, 0.05) is 30.4 Å². The van der Waals surface area contributed by atoms with Crippen molar-refractivity contribution in [1.82, 2.24) is 24.8 Å². The molecule has 1 fully saturated rings. The van der Waals surface area contributed by atoms with Gasteiger partial charge in [-0.2, -0.15) is 9.97 Å². The molecule has 0 atom stereocenters. The molecule has 37 heavy (non-hydrogen) atoms. The fourth-order valence-corrected chi connectivity index (χ4v) is 4.60. The summed E-state index contributed by atoms with van der Waals surface area (Å²) in [6.45, 7) is 5.29. The largest absolute Gasteiger partial charge is 0.393 e. The highest BCUT2D eigenvalue weighted by Crippen LogP contribution is 2.27. The molecule has 9 heteroatoms. The third-order valence-corrected chi connectivity index (χ3v) is 6.80. The van der Waals surface area contributed by atoms with E-state index in [1.165, 1.54) is 5.56 Å². The average molecular weight is 500 g/mol. The highest BCUT2D eigenvalue weighted by atomic mass is 16.3. The summed E-state index contributed by atoms with van der Waals surface area (Å²) in [4.78, 5) is 26.9. The van der Waals surface area contributed by atoms with Crippen LogP contribution in [0.1, 0.15) is 54.1 Å². The van der Waals surface area contributed by atoms with Crippen LogP contribution in [-0.2, 0) is 13.1 Å². The van der Waals surface area contributed by atoms with Gasteiger partial charge < -0.3 is 25.6 Å². The van der Waals surface area contributed by atoms with Crippen molar-refractivity contribution >= 4 is 34.5 Å². The Morgan fingerprint density at radius 3 is 2.62 bits per heavy atom. The molecule has 5 rings (SSSR count). The molecule has 0 aliphatic heterocycles. The molecule has 2 aromatic heterocycles. The zero-order valence-electron chi connectivity index (χ0n) is 21.2. The number of aromatic nitrogens is 4. The van der Waals surface area contributed by atoms with Crippen LogP contribution in [0.5, 0.6) is 0 Å². The van der Waals surface area contributed by atoms with Crippen LogP contribution in [0.2, 0.25) is 0 Å². The number of anilines is 3. The van der Waals surface area contributed by atoms with Crippen LogP contribution >= 0.6 is 0 Å². The van der Waals surface area contributed by atoms with Crippen molar-refractivity contribution in [2.45, 2.75) is 64.8 Å². The number of aryl methyl sites for hydroxylation is 2. The molecule has 4 N–H and O–H groups in total. The normalized spacial score (nSPS) is 17.5. The van der Waals surface area contributed by atoms with E-state index in [0.29, 0.717) is 29.4 Å². The van der Waals surface area contributed by atoms with Crippen LogP contribution in [0.3, 0.4) is 0 Å². The van der Waals surface area contributed by atoms with Gasteiger partial charge in [-0.1, -0.05) is 35.9 Å². The van der Waals surface area contributed by atoms with Crippen LogP contribution in [0.4, 0.5) is 17.5 Å². The molecule has 0 unspecified atom stereocenters. The quantitative estimate of drug-likeness (QED) is 0.281. The lowest BCUT2D eigenvalue weighted by Gasteiger charge is -2.26. The minimum atomic E-state index is -0.221. The van der Waals surface area contributed by atoms with Gasteiger partial charge in [0.1, 0.15) is 0 Å². The molecule has 1 saturated carbocycles. The highest BCUT2D eigenvalue weighted by molar-refractivity contribution is 5.95. The molecule has 0 radical (unpaired) electrons. The van der Waals surface area contributed by atoms with E-state index in [2.05, 4.69) is 20.9 Å². The molecule has 192 valence electrons. The summed E-state index contributed by atoms with van der Waals surface area (Å²) < 4.78 is 1.98. The van der Waals surface area contributed by atoms with Gasteiger partial charge in [-0.05, 0) is 63.3 Å². The van der Waals surface area contributed by atoms with E-state index in [9.17, 15) is 9.90 Å². The summed E-state index contributed by atoms with van der Waals surface area (Å²) in [6.07, 6.45) is 4.84. The number of amides is 1. The van der Waals surface area contributed by atoms with Gasteiger partial charge in [-0.15, -0.1) is 0 Å². The third-order valence-electron chi connectivity index (χ3n) is 6.80. The maximum atomic E-state index is 12.8. The number of fused-ring (bicyclic) bond motifs is 1. The summed E-state index contributed by atoms with van der Waals surface area (Å²) >= 11 is 0. The Labute approximate surface area is 216 Å². The van der Waals surface area contributed by atoms with Crippen LogP contribution in [0.25, 0.3) is 11.2 Å². The van der Waals surface area contributed by atoms with Gasteiger partial charge in [0.2, 0.25) is 5.95 Å². The number of hydrogen-bond acceptors (Lipinski definition) is 7. The number of imidazole rings is 1. The van der Waals surface area contributed by atoms with Crippen molar-refractivity contribution in [2.24, 2.45) is 0 Å². The van der Waals surface area contributed by atoms with Gasteiger partial charge in [0.25, 0.3) is 5.91 Å². The van der Waals surface area contributed by atoms with Crippen LogP contribution in [0, 0.1) is 6.92 Å². The second kappa shape index (κ2) is 11.0. The Morgan fingerprint density at radius 1 is 1.08 bits per heavy atom. The maximum absolute atomic E-state index is 12.8. The SMILES string of the molecule is CCn1cnc2c(Nc3cccc(C(=O)NCc4ccc(C)cc4)c3)nc(NC3CCC(O)CC3)nc21. The van der Waals surface area contributed by atoms with E-state index in [4.69, 9.17) is 9.97 Å². The van der Waals surface area contributed by atoms with Gasteiger partial charge in [0.05, 0.1) is 12.4 Å². The lowest BCUT2D eigenvalue weighted by molar-refractivity contribution is 0.0951. The molecule has 9 nitrogen and oxygen atoms in total. The van der Waals surface area contributed by atoms with Gasteiger partial charge in [0.15, 0.2) is 17.0 Å². The summed E-state index contributed by atoms with van der Waals surface area (Å²) in [7, 11) is 0. The first-order chi connectivity index (χ1) is 18.0. The number of carbonyl (C=O) groups is 1. The smallest absolute Gasteiger partial charge is 0.251 e. The molecular formula is C28H33N7O2. The fraction of sp³-hybridized carbons (Fsp3) is 0.357. The van der Waals surface area contributed by atoms with E-state index < -0.39 is 0 Å². The Bertz CT molecular complexity index is 1380. The molecule has 0 saturated heterocycles. The molecule has 0 bridgehead atoms. The number of carbonyl (C=O) groups excluding carboxylic acids is 1. The molecule has 4 aromatic rings. The van der Waals surface area contributed by atoms with E-state index in [0.717, 1.165) is 49.1 Å². The van der Waals surface area contributed by atoms with E-state index in [1.807, 2.05) is 60.9 Å². The summed E-state index contributed by atoms with van der Waals surface area (Å²) in [5, 5.41) is 19.6. The molecule has 1 amide bonds.